The van der Waals surface area contributed by atoms with Crippen LogP contribution >= 0.6 is 27.5 Å². The summed E-state index contributed by atoms with van der Waals surface area (Å²) in [5.41, 5.74) is 7.18. The molecule has 3 nitrogen and oxygen atoms in total. The number of hydrogen-bond donors (Lipinski definition) is 1. The molecule has 0 aliphatic carbocycles. The smallest absolute Gasteiger partial charge is 0.0548 e. The van der Waals surface area contributed by atoms with Crippen LogP contribution in [-0.2, 0) is 4.74 Å². The molecule has 1 atom stereocenters. The Bertz CT molecular complexity index is 424. The average molecular weight is 348 g/mol. The van der Waals surface area contributed by atoms with Crippen molar-refractivity contribution in [3.8, 4) is 0 Å². The second-order valence-electron chi connectivity index (χ2n) is 4.93. The molecule has 1 fully saturated rings. The van der Waals surface area contributed by atoms with E-state index < -0.39 is 0 Å². The normalized spacial score (nSPS) is 18.8. The van der Waals surface area contributed by atoms with Crippen molar-refractivity contribution in [3.63, 3.8) is 0 Å². The van der Waals surface area contributed by atoms with Crippen molar-refractivity contribution in [1.82, 2.24) is 4.90 Å². The van der Waals surface area contributed by atoms with Gasteiger partial charge in [0.1, 0.15) is 0 Å². The maximum absolute atomic E-state index is 6.05. The Morgan fingerprint density at radius 1 is 1.47 bits per heavy atom. The lowest BCUT2D eigenvalue weighted by Gasteiger charge is -2.37. The highest BCUT2D eigenvalue weighted by molar-refractivity contribution is 9.10. The molecular formula is C14H20BrClN2O. The predicted molar refractivity (Wildman–Crippen MR) is 82.6 cm³/mol. The predicted octanol–water partition coefficient (Wildman–Crippen LogP) is 3.21. The SMILES string of the molecule is CN(C1CCOCC1)C(CN)c1ccc(Cl)c(Br)c1. The Balaban J connectivity index is 2.15. The van der Waals surface area contributed by atoms with Crippen LogP contribution < -0.4 is 5.73 Å². The Kier molecular flexibility index (Phi) is 5.66. The molecule has 1 aromatic carbocycles. The number of hydrogen-bond acceptors (Lipinski definition) is 3. The fourth-order valence-corrected chi connectivity index (χ4v) is 3.12. The summed E-state index contributed by atoms with van der Waals surface area (Å²) >= 11 is 9.53. The Morgan fingerprint density at radius 3 is 2.74 bits per heavy atom. The van der Waals surface area contributed by atoms with Gasteiger partial charge in [0.25, 0.3) is 0 Å². The van der Waals surface area contributed by atoms with Crippen LogP contribution in [0.2, 0.25) is 5.02 Å². The standard InChI is InChI=1S/C14H20BrClN2O/c1-18(11-4-6-19-7-5-11)14(9-17)10-2-3-13(16)12(15)8-10/h2-3,8,11,14H,4-7,9,17H2,1H3. The zero-order valence-electron chi connectivity index (χ0n) is 11.1. The molecule has 1 aliphatic heterocycles. The molecule has 106 valence electrons. The molecule has 0 amide bonds. The van der Waals surface area contributed by atoms with E-state index in [0.29, 0.717) is 12.6 Å². The van der Waals surface area contributed by atoms with Crippen molar-refractivity contribution in [2.45, 2.75) is 24.9 Å². The number of likely N-dealkylation sites (N-methyl/N-ethyl adjacent to an activating group) is 1. The summed E-state index contributed by atoms with van der Waals surface area (Å²) in [4.78, 5) is 2.37. The maximum Gasteiger partial charge on any atom is 0.0548 e. The Labute approximate surface area is 128 Å². The molecule has 1 aromatic rings. The van der Waals surface area contributed by atoms with Crippen LogP contribution in [0, 0.1) is 0 Å². The van der Waals surface area contributed by atoms with E-state index in [1.807, 2.05) is 6.07 Å². The number of nitrogens with zero attached hydrogens (tertiary/aromatic N) is 1. The molecule has 2 rings (SSSR count). The van der Waals surface area contributed by atoms with Gasteiger partial charge in [-0.15, -0.1) is 0 Å². The van der Waals surface area contributed by atoms with Crippen molar-refractivity contribution in [3.05, 3.63) is 33.3 Å². The molecule has 0 aromatic heterocycles. The van der Waals surface area contributed by atoms with Crippen LogP contribution in [-0.4, -0.2) is 37.7 Å². The van der Waals surface area contributed by atoms with Gasteiger partial charge in [0.05, 0.1) is 5.02 Å². The quantitative estimate of drug-likeness (QED) is 0.909. The van der Waals surface area contributed by atoms with Gasteiger partial charge in [-0.25, -0.2) is 0 Å². The molecule has 2 N–H and O–H groups in total. The van der Waals surface area contributed by atoms with Crippen LogP contribution in [0.5, 0.6) is 0 Å². The van der Waals surface area contributed by atoms with Crippen molar-refractivity contribution in [2.75, 3.05) is 26.8 Å². The summed E-state index contributed by atoms with van der Waals surface area (Å²) in [5.74, 6) is 0. The lowest BCUT2D eigenvalue weighted by molar-refractivity contribution is 0.0294. The van der Waals surface area contributed by atoms with E-state index in [1.54, 1.807) is 0 Å². The highest BCUT2D eigenvalue weighted by atomic mass is 79.9. The number of rotatable bonds is 4. The fraction of sp³-hybridized carbons (Fsp3) is 0.571. The zero-order valence-corrected chi connectivity index (χ0v) is 13.5. The van der Waals surface area contributed by atoms with Gasteiger partial charge in [0.15, 0.2) is 0 Å². The number of halogens is 2. The third-order valence-electron chi connectivity index (χ3n) is 3.81. The van der Waals surface area contributed by atoms with E-state index >= 15 is 0 Å². The zero-order chi connectivity index (χ0) is 13.8. The monoisotopic (exact) mass is 346 g/mol. The van der Waals surface area contributed by atoms with Gasteiger partial charge in [-0.1, -0.05) is 17.7 Å². The maximum atomic E-state index is 6.05. The minimum absolute atomic E-state index is 0.219. The van der Waals surface area contributed by atoms with Crippen molar-refractivity contribution in [2.24, 2.45) is 5.73 Å². The first-order valence-electron chi connectivity index (χ1n) is 6.58. The average Bonchev–Trinajstić information content (AvgIpc) is 2.44. The first-order valence-corrected chi connectivity index (χ1v) is 7.75. The van der Waals surface area contributed by atoms with Gasteiger partial charge >= 0.3 is 0 Å². The molecule has 19 heavy (non-hydrogen) atoms. The first-order chi connectivity index (χ1) is 9.13. The molecular weight excluding hydrogens is 328 g/mol. The summed E-state index contributed by atoms with van der Waals surface area (Å²) in [6, 6.07) is 6.80. The first kappa shape index (κ1) is 15.3. The Morgan fingerprint density at radius 2 is 2.16 bits per heavy atom. The topological polar surface area (TPSA) is 38.5 Å². The Hall–Kier alpha value is -0.130. The second-order valence-corrected chi connectivity index (χ2v) is 6.20. The lowest BCUT2D eigenvalue weighted by Crippen LogP contribution is -2.41. The summed E-state index contributed by atoms with van der Waals surface area (Å²) in [5, 5.41) is 0.730. The molecule has 0 saturated carbocycles. The molecule has 0 radical (unpaired) electrons. The fourth-order valence-electron chi connectivity index (χ4n) is 2.60. The second kappa shape index (κ2) is 7.04. The highest BCUT2D eigenvalue weighted by Crippen LogP contribution is 2.30. The minimum Gasteiger partial charge on any atom is -0.381 e. The number of ether oxygens (including phenoxy) is 1. The van der Waals surface area contributed by atoms with Crippen LogP contribution in [0.3, 0.4) is 0 Å². The van der Waals surface area contributed by atoms with Gasteiger partial charge in [0, 0.05) is 36.3 Å². The van der Waals surface area contributed by atoms with Gasteiger partial charge in [-0.2, -0.15) is 0 Å². The van der Waals surface area contributed by atoms with Gasteiger partial charge in [0.2, 0.25) is 0 Å². The van der Waals surface area contributed by atoms with Gasteiger partial charge in [-0.05, 0) is 53.5 Å². The molecule has 1 aliphatic rings. The van der Waals surface area contributed by atoms with Crippen molar-refractivity contribution in [1.29, 1.82) is 0 Å². The van der Waals surface area contributed by atoms with Gasteiger partial charge in [-0.3, -0.25) is 4.90 Å². The van der Waals surface area contributed by atoms with Crippen LogP contribution in [0.1, 0.15) is 24.4 Å². The molecule has 1 heterocycles. The van der Waals surface area contributed by atoms with E-state index in [4.69, 9.17) is 22.1 Å². The summed E-state index contributed by atoms with van der Waals surface area (Å²) in [6.45, 7) is 2.29. The van der Waals surface area contributed by atoms with Crippen LogP contribution in [0.15, 0.2) is 22.7 Å². The van der Waals surface area contributed by atoms with E-state index in [0.717, 1.165) is 35.6 Å². The van der Waals surface area contributed by atoms with Crippen LogP contribution in [0.25, 0.3) is 0 Å². The van der Waals surface area contributed by atoms with Crippen molar-refractivity contribution < 1.29 is 4.74 Å². The third kappa shape index (κ3) is 3.70. The van der Waals surface area contributed by atoms with E-state index in [9.17, 15) is 0 Å². The largest absolute Gasteiger partial charge is 0.381 e. The third-order valence-corrected chi connectivity index (χ3v) is 5.02. The van der Waals surface area contributed by atoms with E-state index in [-0.39, 0.29) is 6.04 Å². The van der Waals surface area contributed by atoms with E-state index in [2.05, 4.69) is 40.0 Å². The number of nitrogens with two attached hydrogens (primary N) is 1. The minimum atomic E-state index is 0.219. The summed E-state index contributed by atoms with van der Waals surface area (Å²) < 4.78 is 6.34. The molecule has 0 spiro atoms. The van der Waals surface area contributed by atoms with Crippen LogP contribution in [0.4, 0.5) is 0 Å². The molecule has 0 bridgehead atoms. The highest BCUT2D eigenvalue weighted by Gasteiger charge is 2.25. The van der Waals surface area contributed by atoms with E-state index in [1.165, 1.54) is 5.56 Å². The molecule has 1 saturated heterocycles. The number of benzene rings is 1. The summed E-state index contributed by atoms with van der Waals surface area (Å²) in [7, 11) is 2.15. The lowest BCUT2D eigenvalue weighted by atomic mass is 10.0. The van der Waals surface area contributed by atoms with Crippen molar-refractivity contribution >= 4 is 27.5 Å². The molecule has 1 unspecified atom stereocenters. The van der Waals surface area contributed by atoms with Gasteiger partial charge < -0.3 is 10.5 Å². The molecule has 5 heteroatoms. The summed E-state index contributed by atoms with van der Waals surface area (Å²) in [6.07, 6.45) is 2.14.